The molecule has 0 radical (unpaired) electrons. The molecule has 2 aliphatic rings. The van der Waals surface area contributed by atoms with Gasteiger partial charge in [0.25, 0.3) is 0 Å². The summed E-state index contributed by atoms with van der Waals surface area (Å²) in [5, 5.41) is 2.88. The lowest BCUT2D eigenvalue weighted by molar-refractivity contribution is -0.348. The summed E-state index contributed by atoms with van der Waals surface area (Å²) >= 11 is 0. The predicted molar refractivity (Wildman–Crippen MR) is 99.9 cm³/mol. The molecule has 1 fully saturated rings. The van der Waals surface area contributed by atoms with Gasteiger partial charge in [-0.1, -0.05) is 18.2 Å². The molecule has 3 nitrogen and oxygen atoms in total. The average Bonchev–Trinajstić information content (AvgIpc) is 3.09. The van der Waals surface area contributed by atoms with Gasteiger partial charge in [-0.05, 0) is 68.4 Å². The van der Waals surface area contributed by atoms with Crippen LogP contribution in [0.3, 0.4) is 0 Å². The van der Waals surface area contributed by atoms with Crippen molar-refractivity contribution in [1.29, 1.82) is 0 Å². The normalized spacial score (nSPS) is 26.1. The smallest absolute Gasteiger partial charge is 0.352 e. The molecule has 1 aromatic carbocycles. The van der Waals surface area contributed by atoms with Crippen molar-refractivity contribution in [2.24, 2.45) is 17.6 Å². The van der Waals surface area contributed by atoms with Gasteiger partial charge in [-0.25, -0.2) is 4.39 Å². The van der Waals surface area contributed by atoms with Crippen molar-refractivity contribution in [2.45, 2.75) is 75.6 Å². The van der Waals surface area contributed by atoms with Crippen LogP contribution in [0.5, 0.6) is 0 Å². The van der Waals surface area contributed by atoms with Crippen LogP contribution in [-0.4, -0.2) is 30.3 Å². The second kappa shape index (κ2) is 7.94. The largest absolute Gasteiger partial charge is 0.435 e. The zero-order chi connectivity index (χ0) is 23.4. The summed E-state index contributed by atoms with van der Waals surface area (Å²) in [4.78, 5) is 11.9. The highest BCUT2D eigenvalue weighted by Crippen LogP contribution is 2.55. The third-order valence-corrected chi connectivity index (χ3v) is 6.77. The first-order valence-electron chi connectivity index (χ1n) is 10.2. The average molecular weight is 454 g/mol. The third kappa shape index (κ3) is 4.03. The van der Waals surface area contributed by atoms with E-state index in [-0.39, 0.29) is 36.1 Å². The van der Waals surface area contributed by atoms with Gasteiger partial charge in [0, 0.05) is 11.6 Å². The number of aryl methyl sites for hydroxylation is 1. The van der Waals surface area contributed by atoms with E-state index < -0.39 is 29.6 Å². The predicted octanol–water partition coefficient (Wildman–Crippen LogP) is 4.88. The molecule has 174 valence electrons. The van der Waals surface area contributed by atoms with E-state index in [1.165, 1.54) is 6.07 Å². The van der Waals surface area contributed by atoms with E-state index >= 15 is 0 Å². The van der Waals surface area contributed by atoms with Gasteiger partial charge >= 0.3 is 18.0 Å². The fourth-order valence-corrected chi connectivity index (χ4v) is 5.19. The lowest BCUT2D eigenvalue weighted by Gasteiger charge is -2.36. The molecule has 10 heteroatoms. The number of halogens is 7. The number of nitrogens with one attached hydrogen (secondary N) is 1. The number of benzene rings is 1. The van der Waals surface area contributed by atoms with E-state index in [1.54, 1.807) is 6.92 Å². The second-order valence-corrected chi connectivity index (χ2v) is 8.70. The van der Waals surface area contributed by atoms with E-state index in [4.69, 9.17) is 5.73 Å². The van der Waals surface area contributed by atoms with Crippen molar-refractivity contribution >= 4 is 5.91 Å². The number of nitrogens with two attached hydrogens (primary N) is 1. The summed E-state index contributed by atoms with van der Waals surface area (Å²) in [5.74, 6) is -0.0909. The topological polar surface area (TPSA) is 55.1 Å². The zero-order valence-corrected chi connectivity index (χ0v) is 17.1. The number of carbonyl (C=O) groups excluding carboxylic acids is 1. The summed E-state index contributed by atoms with van der Waals surface area (Å²) in [5.41, 5.74) is -0.275. The lowest BCUT2D eigenvalue weighted by atomic mass is 9.72. The Kier molecular flexibility index (Phi) is 6.10. The molecule has 0 bridgehead atoms. The molecular weight excluding hydrogens is 429 g/mol. The minimum atomic E-state index is -6.12. The van der Waals surface area contributed by atoms with E-state index in [0.717, 1.165) is 12.5 Å². The standard InChI is InChI=1S/C21H25F7N2O/c1-10(29)18(31)30-11(2)14-7-8-17-15-6-4-13(9-12(15)3-5-16(14)17)19(22,20(23,24)25)21(26,27)28/h4,6,9-11,14,16-17H,3,5,7-8,29H2,1-2H3,(H,30,31)/t10?,11?,14-,16?,17-/m0/s1. The quantitative estimate of drug-likeness (QED) is 0.637. The van der Waals surface area contributed by atoms with Gasteiger partial charge in [0.05, 0.1) is 6.04 Å². The molecule has 2 aliphatic carbocycles. The van der Waals surface area contributed by atoms with Gasteiger partial charge in [0.15, 0.2) is 0 Å². The van der Waals surface area contributed by atoms with Gasteiger partial charge in [-0.15, -0.1) is 0 Å². The molecule has 1 amide bonds. The van der Waals surface area contributed by atoms with Crippen molar-refractivity contribution < 1.29 is 35.5 Å². The van der Waals surface area contributed by atoms with Crippen LogP contribution in [0, 0.1) is 11.8 Å². The lowest BCUT2D eigenvalue weighted by Crippen LogP contribution is -2.50. The Labute approximate surface area is 175 Å². The number of carbonyl (C=O) groups is 1. The molecule has 31 heavy (non-hydrogen) atoms. The van der Waals surface area contributed by atoms with E-state index in [9.17, 15) is 35.5 Å². The van der Waals surface area contributed by atoms with Crippen LogP contribution < -0.4 is 11.1 Å². The van der Waals surface area contributed by atoms with E-state index in [1.807, 2.05) is 6.92 Å². The van der Waals surface area contributed by atoms with Gasteiger partial charge in [-0.3, -0.25) is 4.79 Å². The molecular formula is C21H25F7N2O. The van der Waals surface area contributed by atoms with Crippen molar-refractivity contribution in [1.82, 2.24) is 5.32 Å². The second-order valence-electron chi connectivity index (χ2n) is 8.70. The maximum absolute atomic E-state index is 14.4. The zero-order valence-electron chi connectivity index (χ0n) is 17.1. The Hall–Kier alpha value is -1.84. The van der Waals surface area contributed by atoms with Gasteiger partial charge in [-0.2, -0.15) is 26.3 Å². The molecule has 0 heterocycles. The third-order valence-electron chi connectivity index (χ3n) is 6.77. The van der Waals surface area contributed by atoms with Crippen LogP contribution in [-0.2, 0) is 16.9 Å². The van der Waals surface area contributed by atoms with Crippen molar-refractivity contribution in [3.63, 3.8) is 0 Å². The number of rotatable bonds is 4. The van der Waals surface area contributed by atoms with Crippen LogP contribution in [0.4, 0.5) is 30.7 Å². The Morgan fingerprint density at radius 3 is 2.19 bits per heavy atom. The fraction of sp³-hybridized carbons (Fsp3) is 0.667. The number of alkyl halides is 7. The number of amides is 1. The van der Waals surface area contributed by atoms with Gasteiger partial charge in [0.2, 0.25) is 5.91 Å². The first-order valence-corrected chi connectivity index (χ1v) is 10.2. The Morgan fingerprint density at radius 2 is 1.65 bits per heavy atom. The summed E-state index contributed by atoms with van der Waals surface area (Å²) in [6.45, 7) is 3.44. The SMILES string of the molecule is CC(N)C(=O)NC(C)[C@@H]1CC[C@H]2c3ccc(C(F)(C(F)(F)F)C(F)(F)F)cc3CCC12. The fourth-order valence-electron chi connectivity index (χ4n) is 5.19. The van der Waals surface area contributed by atoms with E-state index in [0.29, 0.717) is 30.0 Å². The molecule has 5 atom stereocenters. The Balaban J connectivity index is 1.88. The molecule has 1 aromatic rings. The maximum atomic E-state index is 14.4. The van der Waals surface area contributed by atoms with Crippen LogP contribution in [0.15, 0.2) is 18.2 Å². The summed E-state index contributed by atoms with van der Waals surface area (Å²) < 4.78 is 93.0. The molecule has 0 spiro atoms. The van der Waals surface area contributed by atoms with Crippen LogP contribution in [0.2, 0.25) is 0 Å². The highest BCUT2D eigenvalue weighted by Gasteiger charge is 2.73. The van der Waals surface area contributed by atoms with E-state index in [2.05, 4.69) is 5.32 Å². The van der Waals surface area contributed by atoms with Gasteiger partial charge < -0.3 is 11.1 Å². The van der Waals surface area contributed by atoms with Crippen molar-refractivity contribution in [3.8, 4) is 0 Å². The monoisotopic (exact) mass is 454 g/mol. The maximum Gasteiger partial charge on any atom is 0.435 e. The molecule has 0 aromatic heterocycles. The Bertz CT molecular complexity index is 820. The Morgan fingerprint density at radius 1 is 1.03 bits per heavy atom. The van der Waals surface area contributed by atoms with Gasteiger partial charge in [0.1, 0.15) is 0 Å². The molecule has 3 N–H and O–H groups in total. The summed E-state index contributed by atoms with van der Waals surface area (Å²) in [6.07, 6.45) is -10.00. The highest BCUT2D eigenvalue weighted by molar-refractivity contribution is 5.81. The summed E-state index contributed by atoms with van der Waals surface area (Å²) in [7, 11) is 0. The number of hydrogen-bond donors (Lipinski definition) is 2. The molecule has 3 unspecified atom stereocenters. The minimum absolute atomic E-state index is 0.0526. The van der Waals surface area contributed by atoms with Crippen LogP contribution in [0.1, 0.15) is 55.7 Å². The van der Waals surface area contributed by atoms with Crippen molar-refractivity contribution in [3.05, 3.63) is 34.9 Å². The number of hydrogen-bond acceptors (Lipinski definition) is 2. The number of fused-ring (bicyclic) bond motifs is 3. The molecule has 0 saturated heterocycles. The van der Waals surface area contributed by atoms with Crippen molar-refractivity contribution in [2.75, 3.05) is 0 Å². The highest BCUT2D eigenvalue weighted by atomic mass is 19.4. The first kappa shape index (κ1) is 23.8. The van der Waals surface area contributed by atoms with Crippen LogP contribution >= 0.6 is 0 Å². The first-order chi connectivity index (χ1) is 14.2. The minimum Gasteiger partial charge on any atom is -0.352 e. The molecule has 3 rings (SSSR count). The molecule has 1 saturated carbocycles. The summed E-state index contributed by atoms with van der Waals surface area (Å²) in [6, 6.07) is 1.72. The molecule has 0 aliphatic heterocycles. The van der Waals surface area contributed by atoms with Crippen LogP contribution in [0.25, 0.3) is 0 Å².